The third-order valence-electron chi connectivity index (χ3n) is 2.93. The lowest BCUT2D eigenvalue weighted by molar-refractivity contribution is 0.135. The summed E-state index contributed by atoms with van der Waals surface area (Å²) in [4.78, 5) is 12.4. The van der Waals surface area contributed by atoms with Crippen LogP contribution in [0.25, 0.3) is 0 Å². The predicted octanol–water partition coefficient (Wildman–Crippen LogP) is 0.921. The molecule has 2 N–H and O–H groups in total. The van der Waals surface area contributed by atoms with Crippen molar-refractivity contribution in [1.82, 2.24) is 4.81 Å². The van der Waals surface area contributed by atoms with Gasteiger partial charge in [0.2, 0.25) is 0 Å². The summed E-state index contributed by atoms with van der Waals surface area (Å²) >= 11 is 0. The average Bonchev–Trinajstić information content (AvgIpc) is 2.35. The van der Waals surface area contributed by atoms with Crippen LogP contribution in [0.5, 0.6) is 5.75 Å². The molecule has 4 nitrogen and oxygen atoms in total. The number of benzene rings is 1. The van der Waals surface area contributed by atoms with Crippen LogP contribution in [0.2, 0.25) is 0 Å². The third-order valence-corrected chi connectivity index (χ3v) is 2.93. The Bertz CT molecular complexity index is 361. The van der Waals surface area contributed by atoms with Gasteiger partial charge in [0.05, 0.1) is 6.19 Å². The molecule has 0 unspecified atom stereocenters. The Labute approximate surface area is 102 Å². The van der Waals surface area contributed by atoms with Gasteiger partial charge >= 0.3 is 0 Å². The zero-order valence-corrected chi connectivity index (χ0v) is 9.71. The smallest absolute Gasteiger partial charge is 0.293 e. The zero-order chi connectivity index (χ0) is 12.1. The lowest BCUT2D eigenvalue weighted by atomic mass is 9.90. The zero-order valence-electron chi connectivity index (χ0n) is 9.71. The largest absolute Gasteiger partial charge is 0.490 e. The molecule has 0 spiro atoms. The van der Waals surface area contributed by atoms with E-state index in [-0.39, 0.29) is 6.10 Å². The summed E-state index contributed by atoms with van der Waals surface area (Å²) in [6.45, 7) is 1.75. The predicted molar refractivity (Wildman–Crippen MR) is 68.6 cm³/mol. The van der Waals surface area contributed by atoms with Gasteiger partial charge in [-0.25, -0.2) is 0 Å². The second-order valence-corrected chi connectivity index (χ2v) is 4.21. The number of hydrogen-bond donors (Lipinski definition) is 1. The summed E-state index contributed by atoms with van der Waals surface area (Å²) in [5.41, 5.74) is 6.36. The lowest BCUT2D eigenvalue weighted by Gasteiger charge is -2.30. The standard InChI is InChI=1S/C12H16BN2O2/c14-10-1-3-11(4-2-10)17-12-5-7-15(8-6-12)13-9-16/h1-4,9,12H,5-8,14H2. The molecule has 17 heavy (non-hydrogen) atoms. The van der Waals surface area contributed by atoms with Gasteiger partial charge in [0.1, 0.15) is 11.9 Å². The number of hydrogen-bond acceptors (Lipinski definition) is 4. The fourth-order valence-electron chi connectivity index (χ4n) is 1.97. The van der Waals surface area contributed by atoms with Crippen LogP contribution in [0, 0.1) is 0 Å². The van der Waals surface area contributed by atoms with E-state index >= 15 is 0 Å². The number of rotatable bonds is 4. The van der Waals surface area contributed by atoms with Crippen molar-refractivity contribution in [2.24, 2.45) is 0 Å². The Balaban J connectivity index is 1.81. The minimum absolute atomic E-state index is 0.231. The maximum atomic E-state index is 10.3. The number of anilines is 1. The van der Waals surface area contributed by atoms with Crippen LogP contribution in [-0.2, 0) is 4.79 Å². The van der Waals surface area contributed by atoms with E-state index in [1.165, 1.54) is 0 Å². The van der Waals surface area contributed by atoms with Crippen molar-refractivity contribution < 1.29 is 9.53 Å². The first kappa shape index (κ1) is 12.0. The van der Waals surface area contributed by atoms with E-state index in [9.17, 15) is 4.79 Å². The molecule has 0 aliphatic carbocycles. The molecule has 0 bridgehead atoms. The van der Waals surface area contributed by atoms with Crippen LogP contribution in [-0.4, -0.2) is 37.6 Å². The van der Waals surface area contributed by atoms with Crippen molar-refractivity contribution in [2.75, 3.05) is 18.8 Å². The first-order valence-electron chi connectivity index (χ1n) is 5.83. The van der Waals surface area contributed by atoms with E-state index in [0.29, 0.717) is 0 Å². The molecule has 5 heteroatoms. The van der Waals surface area contributed by atoms with Crippen LogP contribution in [0.15, 0.2) is 24.3 Å². The van der Waals surface area contributed by atoms with Gasteiger partial charge in [0.25, 0.3) is 7.41 Å². The molecule has 1 aromatic carbocycles. The van der Waals surface area contributed by atoms with Gasteiger partial charge in [-0.2, -0.15) is 0 Å². The molecule has 2 rings (SSSR count). The van der Waals surface area contributed by atoms with Gasteiger partial charge in [-0.3, -0.25) is 0 Å². The summed E-state index contributed by atoms with van der Waals surface area (Å²) in [6, 6.07) is 7.45. The van der Waals surface area contributed by atoms with Crippen LogP contribution >= 0.6 is 0 Å². The van der Waals surface area contributed by atoms with E-state index in [2.05, 4.69) is 0 Å². The molecule has 0 atom stereocenters. The summed E-state index contributed by atoms with van der Waals surface area (Å²) in [7, 11) is 1.60. The second-order valence-electron chi connectivity index (χ2n) is 4.21. The fourth-order valence-corrected chi connectivity index (χ4v) is 1.97. The molecule has 89 valence electrons. The maximum absolute atomic E-state index is 10.3. The van der Waals surface area contributed by atoms with Crippen molar-refractivity contribution in [3.8, 4) is 5.75 Å². The number of piperidine rings is 1. The van der Waals surface area contributed by atoms with Crippen molar-refractivity contribution in [3.05, 3.63) is 24.3 Å². The van der Waals surface area contributed by atoms with Crippen molar-refractivity contribution in [3.63, 3.8) is 0 Å². The molecule has 1 aliphatic heterocycles. The minimum atomic E-state index is 0.231. The Morgan fingerprint density at radius 2 is 1.94 bits per heavy atom. The molecule has 1 aromatic rings. The van der Waals surface area contributed by atoms with Crippen LogP contribution in [0.3, 0.4) is 0 Å². The molecule has 0 amide bonds. The molecule has 0 saturated carbocycles. The van der Waals surface area contributed by atoms with Gasteiger partial charge in [0, 0.05) is 5.69 Å². The minimum Gasteiger partial charge on any atom is -0.490 e. The number of nitrogens with zero attached hydrogens (tertiary/aromatic N) is 1. The number of carbonyl (C=O) groups is 1. The van der Waals surface area contributed by atoms with Gasteiger partial charge < -0.3 is 20.1 Å². The van der Waals surface area contributed by atoms with E-state index in [4.69, 9.17) is 10.5 Å². The highest BCUT2D eigenvalue weighted by Gasteiger charge is 2.20. The van der Waals surface area contributed by atoms with Gasteiger partial charge in [0.15, 0.2) is 0 Å². The molecule has 1 radical (unpaired) electrons. The van der Waals surface area contributed by atoms with Crippen LogP contribution in [0.1, 0.15) is 12.8 Å². The topological polar surface area (TPSA) is 55.6 Å². The van der Waals surface area contributed by atoms with Crippen molar-refractivity contribution in [2.45, 2.75) is 18.9 Å². The molecule has 0 aromatic heterocycles. The molecular weight excluding hydrogens is 215 g/mol. The number of nitrogens with two attached hydrogens (primary N) is 1. The molecule has 1 saturated heterocycles. The summed E-state index contributed by atoms with van der Waals surface area (Å²) < 4.78 is 5.85. The molecule has 1 fully saturated rings. The summed E-state index contributed by atoms with van der Waals surface area (Å²) in [5.74, 6) is 0.858. The Morgan fingerprint density at radius 3 is 2.53 bits per heavy atom. The van der Waals surface area contributed by atoms with Crippen LogP contribution < -0.4 is 10.5 Å². The Kier molecular flexibility index (Phi) is 4.04. The lowest BCUT2D eigenvalue weighted by Crippen LogP contribution is -2.40. The fraction of sp³-hybridized carbons (Fsp3) is 0.417. The Morgan fingerprint density at radius 1 is 1.29 bits per heavy atom. The SMILES string of the molecule is Nc1ccc(OC2CCN([B]C=O)CC2)cc1. The monoisotopic (exact) mass is 231 g/mol. The van der Waals surface area contributed by atoms with Crippen molar-refractivity contribution >= 4 is 19.3 Å². The highest BCUT2D eigenvalue weighted by Crippen LogP contribution is 2.19. The van der Waals surface area contributed by atoms with Crippen molar-refractivity contribution in [1.29, 1.82) is 0 Å². The molecular formula is C12H16BN2O2. The normalized spacial score (nSPS) is 17.6. The van der Waals surface area contributed by atoms with Gasteiger partial charge in [-0.05, 0) is 50.2 Å². The third kappa shape index (κ3) is 3.49. The van der Waals surface area contributed by atoms with E-state index in [1.807, 2.05) is 29.1 Å². The maximum Gasteiger partial charge on any atom is 0.293 e. The van der Waals surface area contributed by atoms with E-state index < -0.39 is 0 Å². The first-order valence-corrected chi connectivity index (χ1v) is 5.83. The van der Waals surface area contributed by atoms with E-state index in [0.717, 1.165) is 43.6 Å². The second kappa shape index (κ2) is 5.73. The molecule has 1 aliphatic rings. The first-order chi connectivity index (χ1) is 8.28. The number of carbonyl (C=O) groups excluding carboxylic acids is 1. The average molecular weight is 231 g/mol. The van der Waals surface area contributed by atoms with Gasteiger partial charge in [-0.15, -0.1) is 0 Å². The number of nitrogen functional groups attached to an aromatic ring is 1. The number of ether oxygens (including phenoxy) is 1. The van der Waals surface area contributed by atoms with E-state index in [1.54, 1.807) is 7.41 Å². The summed E-state index contributed by atoms with van der Waals surface area (Å²) in [5, 5.41) is 0. The molecule has 1 heterocycles. The Hall–Kier alpha value is -1.49. The highest BCUT2D eigenvalue weighted by atomic mass is 16.5. The quantitative estimate of drug-likeness (QED) is 0.475. The highest BCUT2D eigenvalue weighted by molar-refractivity contribution is 6.64. The van der Waals surface area contributed by atoms with Gasteiger partial charge in [-0.1, -0.05) is 0 Å². The van der Waals surface area contributed by atoms with Crippen LogP contribution in [0.4, 0.5) is 5.69 Å². The summed E-state index contributed by atoms with van der Waals surface area (Å²) in [6.07, 6.45) is 2.94.